The normalized spacial score (nSPS) is 22.5. The van der Waals surface area contributed by atoms with E-state index in [1.165, 1.54) is 12.1 Å². The maximum Gasteiger partial charge on any atom is 0.240 e. The van der Waals surface area contributed by atoms with Gasteiger partial charge < -0.3 is 10.2 Å². The van der Waals surface area contributed by atoms with Gasteiger partial charge in [-0.05, 0) is 50.7 Å². The standard InChI is InChI=1S/C18H23FN2O2/c1-2-13-7-5-6-12-21(13)17(23)18(10-11-18)16(22)20-15-9-4-3-8-14(15)19/h3-4,8-9,13H,2,5-7,10-12H2,1H3,(H,20,22). The predicted molar refractivity (Wildman–Crippen MR) is 86.3 cm³/mol. The van der Waals surface area contributed by atoms with Crippen molar-refractivity contribution in [3.8, 4) is 0 Å². The molecule has 1 saturated heterocycles. The van der Waals surface area contributed by atoms with Crippen LogP contribution in [0.1, 0.15) is 45.4 Å². The van der Waals surface area contributed by atoms with Gasteiger partial charge in [0.05, 0.1) is 5.69 Å². The Morgan fingerprint density at radius 2 is 2.04 bits per heavy atom. The van der Waals surface area contributed by atoms with Gasteiger partial charge in [0.2, 0.25) is 11.8 Å². The van der Waals surface area contributed by atoms with Crippen molar-refractivity contribution in [1.29, 1.82) is 0 Å². The second-order valence-corrected chi connectivity index (χ2v) is 6.57. The molecule has 23 heavy (non-hydrogen) atoms. The molecule has 1 atom stereocenters. The molecule has 1 N–H and O–H groups in total. The van der Waals surface area contributed by atoms with Gasteiger partial charge >= 0.3 is 0 Å². The zero-order valence-corrected chi connectivity index (χ0v) is 13.5. The number of carbonyl (C=O) groups excluding carboxylic acids is 2. The molecule has 0 spiro atoms. The van der Waals surface area contributed by atoms with Crippen LogP contribution in [-0.2, 0) is 9.59 Å². The Morgan fingerprint density at radius 1 is 1.30 bits per heavy atom. The van der Waals surface area contributed by atoms with Crippen molar-refractivity contribution in [2.75, 3.05) is 11.9 Å². The molecule has 4 nitrogen and oxygen atoms in total. The number of halogens is 1. The summed E-state index contributed by atoms with van der Waals surface area (Å²) in [5.74, 6) is -0.917. The van der Waals surface area contributed by atoms with Crippen LogP contribution < -0.4 is 5.32 Å². The lowest BCUT2D eigenvalue weighted by Gasteiger charge is -2.37. The highest BCUT2D eigenvalue weighted by molar-refractivity contribution is 6.13. The summed E-state index contributed by atoms with van der Waals surface area (Å²) in [5.41, 5.74) is -0.838. The maximum atomic E-state index is 13.7. The van der Waals surface area contributed by atoms with E-state index in [9.17, 15) is 14.0 Å². The first kappa shape index (κ1) is 16.0. The van der Waals surface area contributed by atoms with Gasteiger partial charge in [-0.1, -0.05) is 19.1 Å². The minimum Gasteiger partial charge on any atom is -0.339 e. The number of nitrogens with zero attached hydrogens (tertiary/aromatic N) is 1. The van der Waals surface area contributed by atoms with Gasteiger partial charge in [-0.2, -0.15) is 0 Å². The Kier molecular flexibility index (Phi) is 4.37. The summed E-state index contributed by atoms with van der Waals surface area (Å²) in [5, 5.41) is 2.60. The van der Waals surface area contributed by atoms with E-state index in [0.717, 1.165) is 32.2 Å². The average Bonchev–Trinajstić information content (AvgIpc) is 3.38. The van der Waals surface area contributed by atoms with Crippen molar-refractivity contribution in [1.82, 2.24) is 4.90 Å². The summed E-state index contributed by atoms with van der Waals surface area (Å²) in [7, 11) is 0. The Morgan fingerprint density at radius 3 is 2.70 bits per heavy atom. The van der Waals surface area contributed by atoms with E-state index in [4.69, 9.17) is 0 Å². The maximum absolute atomic E-state index is 13.7. The molecule has 1 aliphatic heterocycles. The summed E-state index contributed by atoms with van der Waals surface area (Å²) in [4.78, 5) is 27.4. The number of nitrogens with one attached hydrogen (secondary N) is 1. The number of amides is 2. The largest absolute Gasteiger partial charge is 0.339 e. The lowest BCUT2D eigenvalue weighted by Crippen LogP contribution is -2.49. The van der Waals surface area contributed by atoms with Crippen LogP contribution in [0.4, 0.5) is 10.1 Å². The molecule has 0 radical (unpaired) electrons. The van der Waals surface area contributed by atoms with Crippen molar-refractivity contribution in [3.63, 3.8) is 0 Å². The van der Waals surface area contributed by atoms with E-state index in [2.05, 4.69) is 12.2 Å². The third-order valence-corrected chi connectivity index (χ3v) is 5.08. The molecule has 1 aromatic carbocycles. The topological polar surface area (TPSA) is 49.4 Å². The quantitative estimate of drug-likeness (QED) is 0.866. The van der Waals surface area contributed by atoms with Crippen LogP contribution in [0.2, 0.25) is 0 Å². The Labute approximate surface area is 136 Å². The Bertz CT molecular complexity index is 613. The van der Waals surface area contributed by atoms with Crippen LogP contribution in [0, 0.1) is 11.2 Å². The van der Waals surface area contributed by atoms with E-state index in [-0.39, 0.29) is 23.5 Å². The molecule has 0 aromatic heterocycles. The fourth-order valence-electron chi connectivity index (χ4n) is 3.43. The van der Waals surface area contributed by atoms with Gasteiger partial charge in [0.1, 0.15) is 11.2 Å². The van der Waals surface area contributed by atoms with Gasteiger partial charge in [-0.15, -0.1) is 0 Å². The summed E-state index contributed by atoms with van der Waals surface area (Å²) < 4.78 is 13.7. The molecule has 124 valence electrons. The van der Waals surface area contributed by atoms with Crippen LogP contribution >= 0.6 is 0 Å². The average molecular weight is 318 g/mol. The number of rotatable bonds is 4. The van der Waals surface area contributed by atoms with Crippen molar-refractivity contribution in [3.05, 3.63) is 30.1 Å². The third-order valence-electron chi connectivity index (χ3n) is 5.08. The van der Waals surface area contributed by atoms with E-state index in [1.807, 2.05) is 4.90 Å². The second kappa shape index (κ2) is 6.30. The van der Waals surface area contributed by atoms with Gasteiger partial charge in [0, 0.05) is 12.6 Å². The van der Waals surface area contributed by atoms with E-state index in [1.54, 1.807) is 12.1 Å². The van der Waals surface area contributed by atoms with Crippen LogP contribution in [0.15, 0.2) is 24.3 Å². The number of hydrogen-bond acceptors (Lipinski definition) is 2. The summed E-state index contributed by atoms with van der Waals surface area (Å²) in [6, 6.07) is 6.29. The zero-order chi connectivity index (χ0) is 16.4. The van der Waals surface area contributed by atoms with Crippen LogP contribution in [0.25, 0.3) is 0 Å². The minimum atomic E-state index is -0.979. The number of benzene rings is 1. The predicted octanol–water partition coefficient (Wildman–Crippen LogP) is 3.34. The lowest BCUT2D eigenvalue weighted by atomic mass is 9.95. The van der Waals surface area contributed by atoms with Gasteiger partial charge in [-0.3, -0.25) is 9.59 Å². The molecule has 1 aliphatic carbocycles. The van der Waals surface area contributed by atoms with Crippen molar-refractivity contribution in [2.24, 2.45) is 5.41 Å². The fourth-order valence-corrected chi connectivity index (χ4v) is 3.43. The number of piperidine rings is 1. The molecular formula is C18H23FN2O2. The van der Waals surface area contributed by atoms with Crippen molar-refractivity contribution >= 4 is 17.5 Å². The molecule has 1 heterocycles. The molecule has 5 heteroatoms. The van der Waals surface area contributed by atoms with Gasteiger partial charge in [0.15, 0.2) is 0 Å². The number of likely N-dealkylation sites (tertiary alicyclic amines) is 1. The zero-order valence-electron chi connectivity index (χ0n) is 13.5. The molecule has 2 amide bonds. The van der Waals surface area contributed by atoms with Gasteiger partial charge in [0.25, 0.3) is 0 Å². The van der Waals surface area contributed by atoms with Crippen molar-refractivity contribution < 1.29 is 14.0 Å². The summed E-state index contributed by atoms with van der Waals surface area (Å²) in [6.07, 6.45) is 5.16. The summed E-state index contributed by atoms with van der Waals surface area (Å²) >= 11 is 0. The molecule has 1 saturated carbocycles. The number of anilines is 1. The lowest BCUT2D eigenvalue weighted by molar-refractivity contribution is -0.145. The Balaban J connectivity index is 1.74. The molecule has 1 unspecified atom stereocenters. The molecular weight excluding hydrogens is 295 g/mol. The first-order valence-corrected chi connectivity index (χ1v) is 8.45. The summed E-state index contributed by atoms with van der Waals surface area (Å²) in [6.45, 7) is 2.81. The second-order valence-electron chi connectivity index (χ2n) is 6.57. The Hall–Kier alpha value is -1.91. The van der Waals surface area contributed by atoms with Crippen LogP contribution in [0.5, 0.6) is 0 Å². The first-order chi connectivity index (χ1) is 11.1. The van der Waals surface area contributed by atoms with E-state index >= 15 is 0 Å². The minimum absolute atomic E-state index is 0.0714. The van der Waals surface area contributed by atoms with E-state index in [0.29, 0.717) is 12.8 Å². The molecule has 3 rings (SSSR count). The van der Waals surface area contributed by atoms with Crippen molar-refractivity contribution in [2.45, 2.75) is 51.5 Å². The SMILES string of the molecule is CCC1CCCCN1C(=O)C1(C(=O)Nc2ccccc2F)CC1. The molecule has 2 aliphatic rings. The highest BCUT2D eigenvalue weighted by atomic mass is 19.1. The first-order valence-electron chi connectivity index (χ1n) is 8.45. The molecule has 1 aromatic rings. The van der Waals surface area contributed by atoms with Crippen LogP contribution in [0.3, 0.4) is 0 Å². The third kappa shape index (κ3) is 2.96. The fraction of sp³-hybridized carbons (Fsp3) is 0.556. The smallest absolute Gasteiger partial charge is 0.240 e. The number of carbonyl (C=O) groups is 2. The number of hydrogen-bond donors (Lipinski definition) is 1. The van der Waals surface area contributed by atoms with E-state index < -0.39 is 11.2 Å². The molecule has 0 bridgehead atoms. The molecule has 2 fully saturated rings. The highest BCUT2D eigenvalue weighted by Crippen LogP contribution is 2.49. The monoisotopic (exact) mass is 318 g/mol. The number of para-hydroxylation sites is 1. The highest BCUT2D eigenvalue weighted by Gasteiger charge is 2.58. The van der Waals surface area contributed by atoms with Crippen LogP contribution in [-0.4, -0.2) is 29.3 Å². The van der Waals surface area contributed by atoms with Gasteiger partial charge in [-0.25, -0.2) is 4.39 Å².